The van der Waals surface area contributed by atoms with Crippen molar-refractivity contribution in [1.29, 1.82) is 0 Å². The number of benzene rings is 2. The smallest absolute Gasteiger partial charge is 0.244 e. The lowest BCUT2D eigenvalue weighted by Gasteiger charge is -2.37. The van der Waals surface area contributed by atoms with Gasteiger partial charge in [-0.3, -0.25) is 4.90 Å². The Morgan fingerprint density at radius 3 is 2.56 bits per heavy atom. The van der Waals surface area contributed by atoms with Crippen LogP contribution >= 0.6 is 0 Å². The molecule has 1 N–H and O–H groups in total. The summed E-state index contributed by atoms with van der Waals surface area (Å²) in [6, 6.07) is 14.9. The third-order valence-corrected chi connectivity index (χ3v) is 6.69. The molecule has 1 fully saturated rings. The lowest BCUT2D eigenvalue weighted by Crippen LogP contribution is -2.47. The summed E-state index contributed by atoms with van der Waals surface area (Å²) in [5.41, 5.74) is 7.06. The Bertz CT molecular complexity index is 1240. The van der Waals surface area contributed by atoms with E-state index in [0.717, 1.165) is 67.9 Å². The van der Waals surface area contributed by atoms with E-state index < -0.39 is 0 Å². The molecule has 0 saturated carbocycles. The summed E-state index contributed by atoms with van der Waals surface area (Å²) in [7, 11) is 0. The molecule has 4 aromatic rings. The zero-order valence-corrected chi connectivity index (χ0v) is 19.2. The highest BCUT2D eigenvalue weighted by molar-refractivity contribution is 6.04. The van der Waals surface area contributed by atoms with Crippen LogP contribution in [0.25, 0.3) is 22.1 Å². The van der Waals surface area contributed by atoms with Gasteiger partial charge in [-0.15, -0.1) is 10.2 Å². The summed E-state index contributed by atoms with van der Waals surface area (Å²) >= 11 is 0. The number of fused-ring (bicyclic) bond motifs is 3. The standard InChI is InChI=1S/C25H31N7/c1-4-32-22-10-6-5-9-20(22)23-24(32)27-25(29-28-23)26-12-13-30-14-16-31(17-15-30)21-11-7-8-18(2)19(21)3/h5-11H,4,12-17H2,1-3H3,(H,26,27,29). The molecule has 0 aliphatic carbocycles. The minimum absolute atomic E-state index is 0.601. The number of rotatable bonds is 6. The van der Waals surface area contributed by atoms with Crippen molar-refractivity contribution in [2.45, 2.75) is 27.3 Å². The Morgan fingerprint density at radius 1 is 0.938 bits per heavy atom. The molecule has 0 radical (unpaired) electrons. The fourth-order valence-corrected chi connectivity index (χ4v) is 4.71. The minimum Gasteiger partial charge on any atom is -0.369 e. The summed E-state index contributed by atoms with van der Waals surface area (Å²) in [5, 5.41) is 13.3. The van der Waals surface area contributed by atoms with Gasteiger partial charge >= 0.3 is 0 Å². The van der Waals surface area contributed by atoms with Crippen LogP contribution in [0.1, 0.15) is 18.1 Å². The third kappa shape index (κ3) is 3.77. The number of hydrogen-bond donors (Lipinski definition) is 1. The monoisotopic (exact) mass is 429 g/mol. The molecule has 5 rings (SSSR count). The lowest BCUT2D eigenvalue weighted by atomic mass is 10.1. The van der Waals surface area contributed by atoms with Crippen molar-refractivity contribution in [2.75, 3.05) is 49.5 Å². The number of hydrogen-bond acceptors (Lipinski definition) is 6. The minimum atomic E-state index is 0.601. The summed E-state index contributed by atoms with van der Waals surface area (Å²) in [6.07, 6.45) is 0. The number of nitrogens with zero attached hydrogens (tertiary/aromatic N) is 6. The molecule has 166 valence electrons. The first kappa shape index (κ1) is 20.7. The molecule has 0 unspecified atom stereocenters. The molecular weight excluding hydrogens is 398 g/mol. The van der Waals surface area contributed by atoms with E-state index in [-0.39, 0.29) is 0 Å². The fourth-order valence-electron chi connectivity index (χ4n) is 4.71. The second-order valence-corrected chi connectivity index (χ2v) is 8.54. The van der Waals surface area contributed by atoms with Crippen molar-refractivity contribution in [3.63, 3.8) is 0 Å². The number of anilines is 2. The van der Waals surface area contributed by atoms with E-state index in [0.29, 0.717) is 5.95 Å². The molecule has 2 aromatic carbocycles. The molecule has 0 atom stereocenters. The van der Waals surface area contributed by atoms with Crippen molar-refractivity contribution in [1.82, 2.24) is 24.6 Å². The van der Waals surface area contributed by atoms with E-state index in [1.807, 2.05) is 6.07 Å². The van der Waals surface area contributed by atoms with Crippen LogP contribution in [-0.4, -0.2) is 63.9 Å². The molecule has 7 heteroatoms. The second kappa shape index (κ2) is 8.74. The SMILES string of the molecule is CCn1c2ccccc2c2nnc(NCCN3CCN(c4cccc(C)c4C)CC3)nc21. The number of piperazine rings is 1. The molecule has 0 spiro atoms. The van der Waals surface area contributed by atoms with Crippen LogP contribution in [0.3, 0.4) is 0 Å². The van der Waals surface area contributed by atoms with Gasteiger partial charge in [-0.2, -0.15) is 4.98 Å². The van der Waals surface area contributed by atoms with Gasteiger partial charge in [-0.25, -0.2) is 0 Å². The van der Waals surface area contributed by atoms with Gasteiger partial charge in [0.25, 0.3) is 0 Å². The van der Waals surface area contributed by atoms with Gasteiger partial charge in [0.2, 0.25) is 5.95 Å². The van der Waals surface area contributed by atoms with E-state index in [2.05, 4.69) is 87.1 Å². The van der Waals surface area contributed by atoms with E-state index in [4.69, 9.17) is 4.98 Å². The molecule has 1 aliphatic rings. The summed E-state index contributed by atoms with van der Waals surface area (Å²) in [5.74, 6) is 0.601. The Balaban J connectivity index is 1.20. The molecule has 32 heavy (non-hydrogen) atoms. The van der Waals surface area contributed by atoms with Gasteiger partial charge in [-0.1, -0.05) is 30.3 Å². The third-order valence-electron chi connectivity index (χ3n) is 6.69. The van der Waals surface area contributed by atoms with Crippen molar-refractivity contribution in [3.8, 4) is 0 Å². The van der Waals surface area contributed by atoms with Crippen LogP contribution in [0.5, 0.6) is 0 Å². The van der Waals surface area contributed by atoms with E-state index in [9.17, 15) is 0 Å². The summed E-state index contributed by atoms with van der Waals surface area (Å²) in [6.45, 7) is 13.4. The van der Waals surface area contributed by atoms with Crippen LogP contribution in [0.4, 0.5) is 11.6 Å². The van der Waals surface area contributed by atoms with Crippen molar-refractivity contribution in [2.24, 2.45) is 0 Å². The van der Waals surface area contributed by atoms with Crippen LogP contribution in [0.15, 0.2) is 42.5 Å². The molecule has 0 amide bonds. The molecular formula is C25H31N7. The van der Waals surface area contributed by atoms with Gasteiger partial charge in [-0.05, 0) is 44.0 Å². The highest BCUT2D eigenvalue weighted by atomic mass is 15.3. The Morgan fingerprint density at radius 2 is 1.75 bits per heavy atom. The van der Waals surface area contributed by atoms with Crippen LogP contribution in [0, 0.1) is 13.8 Å². The number of nitrogens with one attached hydrogen (secondary N) is 1. The maximum atomic E-state index is 4.79. The molecule has 1 aliphatic heterocycles. The van der Waals surface area contributed by atoms with Crippen molar-refractivity contribution >= 4 is 33.7 Å². The van der Waals surface area contributed by atoms with Crippen molar-refractivity contribution in [3.05, 3.63) is 53.6 Å². The molecule has 0 bridgehead atoms. The van der Waals surface area contributed by atoms with Gasteiger partial charge in [0.15, 0.2) is 5.65 Å². The van der Waals surface area contributed by atoms with Crippen LogP contribution in [0.2, 0.25) is 0 Å². The normalized spacial score (nSPS) is 15.0. The largest absolute Gasteiger partial charge is 0.369 e. The second-order valence-electron chi connectivity index (χ2n) is 8.54. The average molecular weight is 430 g/mol. The molecule has 2 aromatic heterocycles. The van der Waals surface area contributed by atoms with E-state index in [1.54, 1.807) is 0 Å². The van der Waals surface area contributed by atoms with Crippen molar-refractivity contribution < 1.29 is 0 Å². The quantitative estimate of drug-likeness (QED) is 0.502. The Labute approximate surface area is 189 Å². The van der Waals surface area contributed by atoms with Gasteiger partial charge < -0.3 is 14.8 Å². The molecule has 1 saturated heterocycles. The number of aryl methyl sites for hydroxylation is 2. The summed E-state index contributed by atoms with van der Waals surface area (Å²) < 4.78 is 2.21. The van der Waals surface area contributed by atoms with Crippen LogP contribution in [-0.2, 0) is 6.54 Å². The first-order valence-electron chi connectivity index (χ1n) is 11.5. The van der Waals surface area contributed by atoms with E-state index in [1.165, 1.54) is 16.8 Å². The maximum Gasteiger partial charge on any atom is 0.244 e. The molecule has 7 nitrogen and oxygen atoms in total. The van der Waals surface area contributed by atoms with E-state index >= 15 is 0 Å². The first-order chi connectivity index (χ1) is 15.7. The van der Waals surface area contributed by atoms with Gasteiger partial charge in [0.1, 0.15) is 5.52 Å². The van der Waals surface area contributed by atoms with Gasteiger partial charge in [0.05, 0.1) is 5.52 Å². The first-order valence-corrected chi connectivity index (χ1v) is 11.5. The highest BCUT2D eigenvalue weighted by Crippen LogP contribution is 2.26. The topological polar surface area (TPSA) is 62.1 Å². The molecule has 3 heterocycles. The average Bonchev–Trinajstić information content (AvgIpc) is 3.14. The zero-order chi connectivity index (χ0) is 22.1. The van der Waals surface area contributed by atoms with Gasteiger partial charge in [0, 0.05) is 56.9 Å². The fraction of sp³-hybridized carbons (Fsp3) is 0.400. The predicted octanol–water partition coefficient (Wildman–Crippen LogP) is 3.85. The zero-order valence-electron chi connectivity index (χ0n) is 19.2. The Kier molecular flexibility index (Phi) is 5.66. The number of para-hydroxylation sites is 1. The Hall–Kier alpha value is -3.19. The summed E-state index contributed by atoms with van der Waals surface area (Å²) in [4.78, 5) is 9.80. The predicted molar refractivity (Wildman–Crippen MR) is 132 cm³/mol. The highest BCUT2D eigenvalue weighted by Gasteiger charge is 2.19. The van der Waals surface area contributed by atoms with Crippen LogP contribution < -0.4 is 10.2 Å². The maximum absolute atomic E-state index is 4.79. The number of aromatic nitrogens is 4. The lowest BCUT2D eigenvalue weighted by molar-refractivity contribution is 0.267.